The summed E-state index contributed by atoms with van der Waals surface area (Å²) in [5.41, 5.74) is 1.19. The third kappa shape index (κ3) is 2.26. The lowest BCUT2D eigenvalue weighted by Crippen LogP contribution is -2.34. The molecule has 0 spiro atoms. The molecular weight excluding hydrogens is 304 g/mol. The van der Waals surface area contributed by atoms with Crippen LogP contribution in [0.5, 0.6) is 0 Å². The lowest BCUT2D eigenvalue weighted by atomic mass is 10.1. The number of imide groups is 1. The second kappa shape index (κ2) is 5.54. The van der Waals surface area contributed by atoms with Crippen LogP contribution in [0, 0.1) is 0 Å². The van der Waals surface area contributed by atoms with Crippen LogP contribution in [0.3, 0.4) is 0 Å². The van der Waals surface area contributed by atoms with E-state index in [4.69, 9.17) is 0 Å². The molecule has 4 rings (SSSR count). The zero-order chi connectivity index (χ0) is 16.7. The van der Waals surface area contributed by atoms with E-state index in [-0.39, 0.29) is 18.4 Å². The van der Waals surface area contributed by atoms with E-state index in [1.165, 1.54) is 0 Å². The first-order chi connectivity index (χ1) is 11.6. The number of pyridine rings is 1. The molecule has 2 amide bonds. The number of carbonyl (C=O) groups excluding carboxylic acids is 2. The highest BCUT2D eigenvalue weighted by Gasteiger charge is 2.36. The van der Waals surface area contributed by atoms with E-state index in [1.807, 2.05) is 24.3 Å². The van der Waals surface area contributed by atoms with Gasteiger partial charge in [-0.25, -0.2) is 0 Å². The first-order valence-electron chi connectivity index (χ1n) is 7.63. The fourth-order valence-electron chi connectivity index (χ4n) is 2.95. The Balaban J connectivity index is 1.61. The fraction of sp³-hybridized carbons (Fsp3) is 0.105. The van der Waals surface area contributed by atoms with Gasteiger partial charge in [-0.3, -0.25) is 19.5 Å². The van der Waals surface area contributed by atoms with Crippen LogP contribution in [0.25, 0.3) is 10.8 Å². The van der Waals surface area contributed by atoms with Crippen molar-refractivity contribution < 1.29 is 14.7 Å². The Kier molecular flexibility index (Phi) is 3.36. The Morgan fingerprint density at radius 2 is 1.50 bits per heavy atom. The number of carbonyl (C=O) groups is 2. The number of aliphatic hydroxyl groups excluding tert-OH is 1. The highest BCUT2D eigenvalue weighted by Crippen LogP contribution is 2.25. The summed E-state index contributed by atoms with van der Waals surface area (Å²) in [6.07, 6.45) is 0.646. The molecule has 5 nitrogen and oxygen atoms in total. The first kappa shape index (κ1) is 14.5. The molecule has 2 aromatic carbocycles. The van der Waals surface area contributed by atoms with Crippen molar-refractivity contribution in [3.05, 3.63) is 77.6 Å². The van der Waals surface area contributed by atoms with Gasteiger partial charge >= 0.3 is 0 Å². The molecule has 0 bridgehead atoms. The van der Waals surface area contributed by atoms with E-state index in [0.717, 1.165) is 15.7 Å². The molecule has 1 aliphatic heterocycles. The minimum Gasteiger partial charge on any atom is -0.385 e. The maximum absolute atomic E-state index is 12.4. The molecule has 0 radical (unpaired) electrons. The van der Waals surface area contributed by atoms with Crippen molar-refractivity contribution in [3.63, 3.8) is 0 Å². The van der Waals surface area contributed by atoms with Crippen LogP contribution in [0.15, 0.2) is 60.8 Å². The van der Waals surface area contributed by atoms with Crippen LogP contribution in [0.1, 0.15) is 32.5 Å². The summed E-state index contributed by atoms with van der Waals surface area (Å²) in [5, 5.41) is 12.4. The molecule has 5 heteroatoms. The maximum atomic E-state index is 12.4. The number of benzene rings is 2. The molecule has 1 aromatic heterocycles. The van der Waals surface area contributed by atoms with Crippen LogP contribution in [-0.4, -0.2) is 33.3 Å². The summed E-state index contributed by atoms with van der Waals surface area (Å²) in [7, 11) is 0. The van der Waals surface area contributed by atoms with Crippen LogP contribution in [0.2, 0.25) is 0 Å². The lowest BCUT2D eigenvalue weighted by molar-refractivity contribution is 0.0538. The number of nitrogens with zero attached hydrogens (tertiary/aromatic N) is 2. The Bertz CT molecular complexity index is 932. The van der Waals surface area contributed by atoms with Crippen LogP contribution in [0.4, 0.5) is 0 Å². The number of rotatable bonds is 3. The number of β-amino-alcohol motifs (C(OH)–C–C–N with tert-alkyl or cyclic N) is 1. The molecule has 1 N–H and O–H groups in total. The van der Waals surface area contributed by atoms with Gasteiger partial charge in [-0.15, -0.1) is 0 Å². The summed E-state index contributed by atoms with van der Waals surface area (Å²) in [4.78, 5) is 30.0. The minimum atomic E-state index is -1.03. The predicted molar refractivity (Wildman–Crippen MR) is 88.5 cm³/mol. The summed E-state index contributed by atoms with van der Waals surface area (Å²) in [5.74, 6) is -0.758. The molecule has 24 heavy (non-hydrogen) atoms. The zero-order valence-corrected chi connectivity index (χ0v) is 12.7. The molecule has 0 aliphatic carbocycles. The normalized spacial score (nSPS) is 15.0. The van der Waals surface area contributed by atoms with E-state index >= 15 is 0 Å². The molecule has 2 heterocycles. The monoisotopic (exact) mass is 318 g/mol. The SMILES string of the molecule is O=C1c2ccccc2C(=O)N1CC(O)c1cc2ccccc2cn1. The van der Waals surface area contributed by atoms with Crippen molar-refractivity contribution >= 4 is 22.6 Å². The Labute approximate surface area is 138 Å². The van der Waals surface area contributed by atoms with Gasteiger partial charge in [0.15, 0.2) is 0 Å². The Hall–Kier alpha value is -3.05. The van der Waals surface area contributed by atoms with E-state index in [9.17, 15) is 14.7 Å². The summed E-state index contributed by atoms with van der Waals surface area (Å²) >= 11 is 0. The van der Waals surface area contributed by atoms with E-state index in [1.54, 1.807) is 36.5 Å². The van der Waals surface area contributed by atoms with Crippen molar-refractivity contribution in [2.75, 3.05) is 6.54 Å². The van der Waals surface area contributed by atoms with Crippen LogP contribution < -0.4 is 0 Å². The van der Waals surface area contributed by atoms with Crippen molar-refractivity contribution in [1.82, 2.24) is 9.88 Å². The molecule has 0 fully saturated rings. The molecule has 118 valence electrons. The maximum Gasteiger partial charge on any atom is 0.261 e. The molecule has 1 unspecified atom stereocenters. The second-order valence-electron chi connectivity index (χ2n) is 5.74. The van der Waals surface area contributed by atoms with E-state index < -0.39 is 6.10 Å². The van der Waals surface area contributed by atoms with Gasteiger partial charge in [0, 0.05) is 11.6 Å². The van der Waals surface area contributed by atoms with Gasteiger partial charge in [0.2, 0.25) is 0 Å². The Morgan fingerprint density at radius 1 is 0.917 bits per heavy atom. The number of aromatic nitrogens is 1. The topological polar surface area (TPSA) is 70.5 Å². The van der Waals surface area contributed by atoms with Crippen molar-refractivity contribution in [1.29, 1.82) is 0 Å². The van der Waals surface area contributed by atoms with Gasteiger partial charge in [-0.05, 0) is 23.6 Å². The van der Waals surface area contributed by atoms with Crippen LogP contribution >= 0.6 is 0 Å². The molecule has 3 aromatic rings. The molecular formula is C19H14N2O3. The third-order valence-corrected chi connectivity index (χ3v) is 4.23. The average molecular weight is 318 g/mol. The van der Waals surface area contributed by atoms with Gasteiger partial charge < -0.3 is 5.11 Å². The standard InChI is InChI=1S/C19H14N2O3/c22-17(16-9-12-5-1-2-6-13(12)10-20-16)11-21-18(23)14-7-3-4-8-15(14)19(21)24/h1-10,17,22H,11H2. The number of hydrogen-bond donors (Lipinski definition) is 1. The predicted octanol–water partition coefficient (Wildman–Crippen LogP) is 2.56. The van der Waals surface area contributed by atoms with E-state index in [0.29, 0.717) is 16.8 Å². The van der Waals surface area contributed by atoms with Crippen molar-refractivity contribution in [2.45, 2.75) is 6.10 Å². The average Bonchev–Trinajstić information content (AvgIpc) is 2.86. The van der Waals surface area contributed by atoms with Crippen molar-refractivity contribution in [3.8, 4) is 0 Å². The number of hydrogen-bond acceptors (Lipinski definition) is 4. The van der Waals surface area contributed by atoms with Gasteiger partial charge in [0.25, 0.3) is 11.8 Å². The lowest BCUT2D eigenvalue weighted by Gasteiger charge is -2.18. The molecule has 1 aliphatic rings. The number of fused-ring (bicyclic) bond motifs is 2. The Morgan fingerprint density at radius 3 is 2.17 bits per heavy atom. The number of amides is 2. The number of aliphatic hydroxyl groups is 1. The van der Waals surface area contributed by atoms with Gasteiger partial charge in [0.05, 0.1) is 23.4 Å². The molecule has 0 saturated heterocycles. The van der Waals surface area contributed by atoms with Crippen molar-refractivity contribution in [2.24, 2.45) is 0 Å². The third-order valence-electron chi connectivity index (χ3n) is 4.23. The second-order valence-corrected chi connectivity index (χ2v) is 5.74. The fourth-order valence-corrected chi connectivity index (χ4v) is 2.95. The van der Waals surface area contributed by atoms with E-state index in [2.05, 4.69) is 4.98 Å². The smallest absolute Gasteiger partial charge is 0.261 e. The molecule has 1 atom stereocenters. The quantitative estimate of drug-likeness (QED) is 0.754. The highest BCUT2D eigenvalue weighted by molar-refractivity contribution is 6.21. The summed E-state index contributed by atoms with van der Waals surface area (Å²) < 4.78 is 0. The van der Waals surface area contributed by atoms with Gasteiger partial charge in [-0.2, -0.15) is 0 Å². The molecule has 0 saturated carbocycles. The zero-order valence-electron chi connectivity index (χ0n) is 12.7. The largest absolute Gasteiger partial charge is 0.385 e. The summed E-state index contributed by atoms with van der Waals surface area (Å²) in [6.45, 7) is -0.113. The first-order valence-corrected chi connectivity index (χ1v) is 7.63. The highest BCUT2D eigenvalue weighted by atomic mass is 16.3. The summed E-state index contributed by atoms with van der Waals surface area (Å²) in [6, 6.07) is 16.1. The van der Waals surface area contributed by atoms with Gasteiger partial charge in [0.1, 0.15) is 6.10 Å². The van der Waals surface area contributed by atoms with Gasteiger partial charge in [-0.1, -0.05) is 36.4 Å². The van der Waals surface area contributed by atoms with Crippen LogP contribution in [-0.2, 0) is 0 Å². The minimum absolute atomic E-state index is 0.113.